The molecule has 1 heterocycles. The quantitative estimate of drug-likeness (QED) is 0.786. The van der Waals surface area contributed by atoms with Gasteiger partial charge in [-0.15, -0.1) is 0 Å². The molecule has 1 atom stereocenters. The normalized spacial score (nSPS) is 14.7. The SMILES string of the molecule is CC(NC(=O)C1COC1)c1ccc(NC(=O)OCc2ccc(Cl)cc2)cc1. The summed E-state index contributed by atoms with van der Waals surface area (Å²) in [6, 6.07) is 14.2. The second kappa shape index (κ2) is 8.88. The Bertz CT molecular complexity index is 789. The minimum Gasteiger partial charge on any atom is -0.444 e. The third-order valence-electron chi connectivity index (χ3n) is 4.31. The summed E-state index contributed by atoms with van der Waals surface area (Å²) in [6.45, 7) is 3.05. The number of nitrogens with one attached hydrogen (secondary N) is 2. The molecule has 1 aliphatic rings. The molecule has 1 unspecified atom stereocenters. The molecular weight excluding hydrogens is 368 g/mol. The van der Waals surface area contributed by atoms with Gasteiger partial charge in [0.2, 0.25) is 5.91 Å². The van der Waals surface area contributed by atoms with Crippen LogP contribution in [0.3, 0.4) is 0 Å². The standard InChI is InChI=1S/C20H21ClN2O4/c1-13(22-19(24)16-11-26-12-16)15-4-8-18(9-5-15)23-20(25)27-10-14-2-6-17(21)7-3-14/h2-9,13,16H,10-12H2,1H3,(H,22,24)(H,23,25). The molecule has 3 rings (SSSR count). The third-order valence-corrected chi connectivity index (χ3v) is 4.56. The molecule has 0 bridgehead atoms. The van der Waals surface area contributed by atoms with Gasteiger partial charge < -0.3 is 14.8 Å². The van der Waals surface area contributed by atoms with Crippen LogP contribution >= 0.6 is 11.6 Å². The number of amides is 2. The maximum Gasteiger partial charge on any atom is 0.411 e. The van der Waals surface area contributed by atoms with E-state index in [1.807, 2.05) is 19.1 Å². The molecule has 1 aliphatic heterocycles. The lowest BCUT2D eigenvalue weighted by Crippen LogP contribution is -2.43. The number of rotatable bonds is 6. The van der Waals surface area contributed by atoms with Gasteiger partial charge >= 0.3 is 6.09 Å². The Morgan fingerprint density at radius 2 is 1.81 bits per heavy atom. The average molecular weight is 389 g/mol. The van der Waals surface area contributed by atoms with Crippen molar-refractivity contribution >= 4 is 29.3 Å². The van der Waals surface area contributed by atoms with E-state index >= 15 is 0 Å². The number of ether oxygens (including phenoxy) is 2. The molecule has 27 heavy (non-hydrogen) atoms. The minimum atomic E-state index is -0.538. The lowest BCUT2D eigenvalue weighted by molar-refractivity contribution is -0.139. The largest absolute Gasteiger partial charge is 0.444 e. The molecule has 2 aromatic carbocycles. The van der Waals surface area contributed by atoms with Gasteiger partial charge in [0.05, 0.1) is 25.2 Å². The van der Waals surface area contributed by atoms with Crippen LogP contribution in [-0.2, 0) is 20.9 Å². The predicted molar refractivity (Wildman–Crippen MR) is 103 cm³/mol. The van der Waals surface area contributed by atoms with E-state index in [0.29, 0.717) is 23.9 Å². The molecule has 6 nitrogen and oxygen atoms in total. The predicted octanol–water partition coefficient (Wildman–Crippen LogP) is 3.91. The van der Waals surface area contributed by atoms with Crippen molar-refractivity contribution in [1.82, 2.24) is 5.32 Å². The van der Waals surface area contributed by atoms with Gasteiger partial charge in [0.1, 0.15) is 6.61 Å². The van der Waals surface area contributed by atoms with E-state index in [-0.39, 0.29) is 24.5 Å². The Kier molecular flexibility index (Phi) is 6.32. The maximum atomic E-state index is 12.0. The summed E-state index contributed by atoms with van der Waals surface area (Å²) in [4.78, 5) is 23.9. The number of anilines is 1. The highest BCUT2D eigenvalue weighted by atomic mass is 35.5. The summed E-state index contributed by atoms with van der Waals surface area (Å²) in [7, 11) is 0. The number of halogens is 1. The molecule has 2 aromatic rings. The molecule has 0 saturated carbocycles. The van der Waals surface area contributed by atoms with Gasteiger partial charge in [-0.3, -0.25) is 10.1 Å². The van der Waals surface area contributed by atoms with Gasteiger partial charge in [-0.25, -0.2) is 4.79 Å². The van der Waals surface area contributed by atoms with Crippen molar-refractivity contribution in [3.8, 4) is 0 Å². The fourth-order valence-electron chi connectivity index (χ4n) is 2.54. The first kappa shape index (κ1) is 19.2. The summed E-state index contributed by atoms with van der Waals surface area (Å²) in [5.74, 6) is -0.0504. The summed E-state index contributed by atoms with van der Waals surface area (Å²) in [6.07, 6.45) is -0.538. The highest BCUT2D eigenvalue weighted by Gasteiger charge is 2.27. The fourth-order valence-corrected chi connectivity index (χ4v) is 2.67. The number of hydrogen-bond acceptors (Lipinski definition) is 4. The molecule has 2 N–H and O–H groups in total. The van der Waals surface area contributed by atoms with Crippen LogP contribution in [-0.4, -0.2) is 25.2 Å². The molecule has 7 heteroatoms. The van der Waals surface area contributed by atoms with Crippen LogP contribution < -0.4 is 10.6 Å². The van der Waals surface area contributed by atoms with Gasteiger partial charge in [0, 0.05) is 10.7 Å². The molecule has 0 aromatic heterocycles. The molecule has 1 fully saturated rings. The second-order valence-corrected chi connectivity index (χ2v) is 6.85. The number of hydrogen-bond donors (Lipinski definition) is 2. The first-order valence-corrected chi connectivity index (χ1v) is 9.05. The number of carbonyl (C=O) groups excluding carboxylic acids is 2. The van der Waals surface area contributed by atoms with E-state index in [0.717, 1.165) is 11.1 Å². The van der Waals surface area contributed by atoms with E-state index in [2.05, 4.69) is 10.6 Å². The van der Waals surface area contributed by atoms with Crippen molar-refractivity contribution in [2.75, 3.05) is 18.5 Å². The van der Waals surface area contributed by atoms with Gasteiger partial charge in [0.25, 0.3) is 0 Å². The van der Waals surface area contributed by atoms with Gasteiger partial charge in [-0.2, -0.15) is 0 Å². The van der Waals surface area contributed by atoms with E-state index in [1.165, 1.54) is 0 Å². The molecule has 0 radical (unpaired) electrons. The topological polar surface area (TPSA) is 76.7 Å². The van der Waals surface area contributed by atoms with Crippen molar-refractivity contribution in [2.24, 2.45) is 5.92 Å². The monoisotopic (exact) mass is 388 g/mol. The highest BCUT2D eigenvalue weighted by molar-refractivity contribution is 6.30. The Morgan fingerprint density at radius 1 is 1.15 bits per heavy atom. The van der Waals surface area contributed by atoms with Crippen LogP contribution in [0.1, 0.15) is 24.1 Å². The summed E-state index contributed by atoms with van der Waals surface area (Å²) in [5, 5.41) is 6.27. The Balaban J connectivity index is 1.47. The minimum absolute atomic E-state index is 0.00160. The second-order valence-electron chi connectivity index (χ2n) is 6.41. The Hall–Kier alpha value is -2.57. The molecule has 142 valence electrons. The average Bonchev–Trinajstić information content (AvgIpc) is 2.60. The van der Waals surface area contributed by atoms with Crippen LogP contribution in [0.2, 0.25) is 5.02 Å². The first-order chi connectivity index (χ1) is 13.0. The first-order valence-electron chi connectivity index (χ1n) is 8.67. The Labute approximate surface area is 162 Å². The van der Waals surface area contributed by atoms with Gasteiger partial charge in [-0.05, 0) is 42.3 Å². The van der Waals surface area contributed by atoms with Crippen LogP contribution in [0.4, 0.5) is 10.5 Å². The smallest absolute Gasteiger partial charge is 0.411 e. The molecule has 0 aliphatic carbocycles. The van der Waals surface area contributed by atoms with Crippen molar-refractivity contribution in [2.45, 2.75) is 19.6 Å². The van der Waals surface area contributed by atoms with E-state index in [9.17, 15) is 9.59 Å². The van der Waals surface area contributed by atoms with Crippen LogP contribution in [0, 0.1) is 5.92 Å². The zero-order valence-electron chi connectivity index (χ0n) is 14.9. The van der Waals surface area contributed by atoms with E-state index < -0.39 is 6.09 Å². The molecule has 2 amide bonds. The lowest BCUT2D eigenvalue weighted by Gasteiger charge is -2.26. The van der Waals surface area contributed by atoms with Crippen molar-refractivity contribution in [3.05, 3.63) is 64.7 Å². The molecular formula is C20H21ClN2O4. The van der Waals surface area contributed by atoms with Crippen molar-refractivity contribution in [1.29, 1.82) is 0 Å². The zero-order chi connectivity index (χ0) is 19.2. The number of benzene rings is 2. The summed E-state index contributed by atoms with van der Waals surface area (Å²) >= 11 is 5.82. The van der Waals surface area contributed by atoms with E-state index in [1.54, 1.807) is 36.4 Å². The van der Waals surface area contributed by atoms with E-state index in [4.69, 9.17) is 21.1 Å². The van der Waals surface area contributed by atoms with Crippen molar-refractivity contribution < 1.29 is 19.1 Å². The lowest BCUT2D eigenvalue weighted by atomic mass is 10.0. The fraction of sp³-hybridized carbons (Fsp3) is 0.300. The van der Waals surface area contributed by atoms with Crippen molar-refractivity contribution in [3.63, 3.8) is 0 Å². The molecule has 1 saturated heterocycles. The maximum absolute atomic E-state index is 12.0. The number of carbonyl (C=O) groups is 2. The van der Waals surface area contributed by atoms with Crippen LogP contribution in [0.25, 0.3) is 0 Å². The summed E-state index contributed by atoms with van der Waals surface area (Å²) < 4.78 is 10.2. The third kappa shape index (κ3) is 5.45. The van der Waals surface area contributed by atoms with Crippen LogP contribution in [0.15, 0.2) is 48.5 Å². The van der Waals surface area contributed by atoms with Gasteiger partial charge in [0.15, 0.2) is 0 Å². The van der Waals surface area contributed by atoms with Gasteiger partial charge in [-0.1, -0.05) is 35.9 Å². The molecule has 0 spiro atoms. The zero-order valence-corrected chi connectivity index (χ0v) is 15.7. The Morgan fingerprint density at radius 3 is 2.41 bits per heavy atom. The summed E-state index contributed by atoms with van der Waals surface area (Å²) in [5.41, 5.74) is 2.42. The highest BCUT2D eigenvalue weighted by Crippen LogP contribution is 2.18. The van der Waals surface area contributed by atoms with Crippen LogP contribution in [0.5, 0.6) is 0 Å².